The van der Waals surface area contributed by atoms with Crippen LogP contribution in [0.5, 0.6) is 0 Å². The van der Waals surface area contributed by atoms with Crippen molar-refractivity contribution in [2.45, 2.75) is 33.2 Å². The maximum absolute atomic E-state index is 11.0. The van der Waals surface area contributed by atoms with Crippen molar-refractivity contribution in [1.82, 2.24) is 5.73 Å². The predicted octanol–water partition coefficient (Wildman–Crippen LogP) is 0.949. The average Bonchev–Trinajstić information content (AvgIpc) is 2.14. The van der Waals surface area contributed by atoms with E-state index in [2.05, 4.69) is 0 Å². The van der Waals surface area contributed by atoms with Crippen LogP contribution in [0.1, 0.15) is 27.2 Å². The van der Waals surface area contributed by atoms with E-state index in [1.165, 1.54) is 0 Å². The van der Waals surface area contributed by atoms with E-state index in [4.69, 9.17) is 19.9 Å². The van der Waals surface area contributed by atoms with Crippen molar-refractivity contribution in [1.29, 1.82) is 0 Å². The minimum atomic E-state index is -1.82. The van der Waals surface area contributed by atoms with Gasteiger partial charge in [0.2, 0.25) is 0 Å². The van der Waals surface area contributed by atoms with Gasteiger partial charge in [-0.05, 0) is 20.3 Å². The van der Waals surface area contributed by atoms with Gasteiger partial charge in [0.15, 0.2) is 0 Å². The van der Waals surface area contributed by atoms with E-state index >= 15 is 0 Å². The summed E-state index contributed by atoms with van der Waals surface area (Å²) in [6, 6.07) is 0. The first-order valence-corrected chi connectivity index (χ1v) is 4.80. The summed E-state index contributed by atoms with van der Waals surface area (Å²) < 4.78 is 15.2. The molecular weight excluding hydrogens is 186 g/mol. The molecule has 1 N–H and O–H groups in total. The van der Waals surface area contributed by atoms with Gasteiger partial charge in [-0.25, -0.2) is 0 Å². The molecule has 83 valence electrons. The number of rotatable bonds is 8. The highest BCUT2D eigenvalue weighted by molar-refractivity contribution is 5.79. The summed E-state index contributed by atoms with van der Waals surface area (Å²) in [7, 11) is 0. The molecule has 0 bridgehead atoms. The molecule has 5 nitrogen and oxygen atoms in total. The monoisotopic (exact) mass is 204 g/mol. The van der Waals surface area contributed by atoms with Crippen LogP contribution in [0.25, 0.3) is 0 Å². The molecular formula is C9H18NO4. The Bertz CT molecular complexity index is 166. The fourth-order valence-corrected chi connectivity index (χ4v) is 0.938. The smallest absolute Gasteiger partial charge is 0.320 e. The number of ether oxygens (including phenoxy) is 3. The van der Waals surface area contributed by atoms with Gasteiger partial charge in [0, 0.05) is 0 Å². The van der Waals surface area contributed by atoms with Gasteiger partial charge in [-0.3, -0.25) is 10.5 Å². The van der Waals surface area contributed by atoms with E-state index in [1.54, 1.807) is 13.8 Å². The van der Waals surface area contributed by atoms with Crippen LogP contribution in [0.15, 0.2) is 0 Å². The lowest BCUT2D eigenvalue weighted by molar-refractivity contribution is -0.351. The summed E-state index contributed by atoms with van der Waals surface area (Å²) in [6.45, 7) is 6.17. The molecule has 0 saturated heterocycles. The Labute approximate surface area is 84.5 Å². The van der Waals surface area contributed by atoms with Crippen molar-refractivity contribution >= 4 is 5.91 Å². The van der Waals surface area contributed by atoms with Gasteiger partial charge in [0.05, 0.1) is 19.8 Å². The van der Waals surface area contributed by atoms with Crippen molar-refractivity contribution in [3.05, 3.63) is 0 Å². The van der Waals surface area contributed by atoms with Crippen LogP contribution < -0.4 is 5.73 Å². The van der Waals surface area contributed by atoms with Gasteiger partial charge in [-0.15, -0.1) is 0 Å². The first kappa shape index (κ1) is 13.4. The van der Waals surface area contributed by atoms with Crippen molar-refractivity contribution in [2.75, 3.05) is 19.8 Å². The Kier molecular flexibility index (Phi) is 6.44. The molecule has 14 heavy (non-hydrogen) atoms. The molecule has 0 aliphatic heterocycles. The van der Waals surface area contributed by atoms with E-state index < -0.39 is 11.9 Å². The summed E-state index contributed by atoms with van der Waals surface area (Å²) in [5.41, 5.74) is 7.05. The van der Waals surface area contributed by atoms with Gasteiger partial charge in [-0.2, -0.15) is 0 Å². The molecule has 0 aromatic rings. The molecule has 1 radical (unpaired) electrons. The molecule has 0 saturated carbocycles. The highest BCUT2D eigenvalue weighted by Gasteiger charge is 2.40. The van der Waals surface area contributed by atoms with E-state index in [0.29, 0.717) is 6.61 Å². The van der Waals surface area contributed by atoms with Gasteiger partial charge in [-0.1, -0.05) is 6.92 Å². The fraction of sp³-hybridized carbons (Fsp3) is 0.889. The van der Waals surface area contributed by atoms with Crippen LogP contribution in [0.2, 0.25) is 0 Å². The van der Waals surface area contributed by atoms with Crippen molar-refractivity contribution in [3.63, 3.8) is 0 Å². The maximum atomic E-state index is 11.0. The van der Waals surface area contributed by atoms with E-state index in [0.717, 1.165) is 6.42 Å². The zero-order valence-corrected chi connectivity index (χ0v) is 8.96. The molecule has 0 heterocycles. The average molecular weight is 204 g/mol. The van der Waals surface area contributed by atoms with E-state index in [9.17, 15) is 4.79 Å². The van der Waals surface area contributed by atoms with Gasteiger partial charge in [0.25, 0.3) is 0 Å². The Morgan fingerprint density at radius 1 is 1.14 bits per heavy atom. The lowest BCUT2D eigenvalue weighted by Gasteiger charge is -2.28. The van der Waals surface area contributed by atoms with Gasteiger partial charge in [0.1, 0.15) is 0 Å². The zero-order valence-electron chi connectivity index (χ0n) is 8.96. The number of hydrogen-bond donors (Lipinski definition) is 0. The Morgan fingerprint density at radius 3 is 1.93 bits per heavy atom. The molecule has 0 fully saturated rings. The third-order valence-corrected chi connectivity index (χ3v) is 1.44. The van der Waals surface area contributed by atoms with Crippen LogP contribution in [0.4, 0.5) is 0 Å². The first-order chi connectivity index (χ1) is 6.63. The molecule has 0 unspecified atom stereocenters. The second-order valence-corrected chi connectivity index (χ2v) is 2.60. The second-order valence-electron chi connectivity index (χ2n) is 2.60. The first-order valence-electron chi connectivity index (χ1n) is 4.80. The Morgan fingerprint density at radius 2 is 1.64 bits per heavy atom. The normalized spacial score (nSPS) is 11.6. The van der Waals surface area contributed by atoms with Gasteiger partial charge < -0.3 is 14.2 Å². The summed E-state index contributed by atoms with van der Waals surface area (Å²) in [5.74, 6) is -2.82. The molecule has 0 aliphatic rings. The second kappa shape index (κ2) is 6.75. The summed E-state index contributed by atoms with van der Waals surface area (Å²) in [5, 5.41) is 0. The molecule has 0 aliphatic carbocycles. The van der Waals surface area contributed by atoms with Crippen molar-refractivity contribution in [3.8, 4) is 0 Å². The molecule has 0 atom stereocenters. The molecule has 1 amide bonds. The van der Waals surface area contributed by atoms with E-state index in [-0.39, 0.29) is 13.2 Å². The summed E-state index contributed by atoms with van der Waals surface area (Å²) >= 11 is 0. The quantitative estimate of drug-likeness (QED) is 0.552. The summed E-state index contributed by atoms with van der Waals surface area (Å²) in [6.07, 6.45) is 0.731. The molecule has 0 aromatic heterocycles. The number of amides is 1. The molecule has 0 aromatic carbocycles. The minimum Gasteiger partial charge on any atom is -0.320 e. The van der Waals surface area contributed by atoms with Crippen LogP contribution in [-0.2, 0) is 19.0 Å². The molecule has 0 rings (SSSR count). The highest BCUT2D eigenvalue weighted by Crippen LogP contribution is 2.16. The number of carbonyl (C=O) groups is 1. The van der Waals surface area contributed by atoms with Crippen LogP contribution >= 0.6 is 0 Å². The van der Waals surface area contributed by atoms with Crippen LogP contribution in [0.3, 0.4) is 0 Å². The number of hydrogen-bond acceptors (Lipinski definition) is 4. The highest BCUT2D eigenvalue weighted by atomic mass is 16.9. The van der Waals surface area contributed by atoms with Gasteiger partial charge >= 0.3 is 11.9 Å². The lowest BCUT2D eigenvalue weighted by Crippen LogP contribution is -2.48. The van der Waals surface area contributed by atoms with Crippen LogP contribution in [0, 0.1) is 0 Å². The Balaban J connectivity index is 4.46. The molecule has 0 spiro atoms. The maximum Gasteiger partial charge on any atom is 0.369 e. The van der Waals surface area contributed by atoms with Crippen LogP contribution in [-0.4, -0.2) is 31.7 Å². The predicted molar refractivity (Wildman–Crippen MR) is 50.3 cm³/mol. The van der Waals surface area contributed by atoms with Crippen molar-refractivity contribution < 1.29 is 19.0 Å². The molecule has 5 heteroatoms. The number of carbonyl (C=O) groups excluding carboxylic acids is 1. The summed E-state index contributed by atoms with van der Waals surface area (Å²) in [4.78, 5) is 11.0. The lowest BCUT2D eigenvalue weighted by atomic mass is 10.4. The topological polar surface area (TPSA) is 68.6 Å². The van der Waals surface area contributed by atoms with E-state index in [1.807, 2.05) is 6.92 Å². The zero-order chi connectivity index (χ0) is 11.0. The minimum absolute atomic E-state index is 0.258. The number of nitrogens with one attached hydrogen (secondary N) is 1. The SMILES string of the molecule is CCCOC(OCC)(OCC)C([NH])=O. The standard InChI is InChI=1S/C9H18NO4/c1-4-7-14-9(8(10)11,12-5-2)13-6-3/h10H,4-7H2,1-3H3. The third kappa shape index (κ3) is 3.61. The fourth-order valence-electron chi connectivity index (χ4n) is 0.938. The third-order valence-electron chi connectivity index (χ3n) is 1.44. The largest absolute Gasteiger partial charge is 0.369 e. The van der Waals surface area contributed by atoms with Crippen molar-refractivity contribution in [2.24, 2.45) is 0 Å². The Hall–Kier alpha value is -0.650.